The fraction of sp³-hybridized carbons (Fsp3) is 0.571. The molecule has 0 aromatic carbocycles. The summed E-state index contributed by atoms with van der Waals surface area (Å²) in [6.45, 7) is 7.04. The van der Waals surface area contributed by atoms with Gasteiger partial charge in [-0.05, 0) is 12.8 Å². The van der Waals surface area contributed by atoms with Gasteiger partial charge in [-0.3, -0.25) is 4.79 Å². The standard InChI is InChI=1S/C21H29N9O3/c1-21(2,3)20-27-26-19(33-20)15-16(22)23-11-13(24-15)18-25-17(28-29(18)4)12-5-8-30(9-6-12)14(32)7-10-31/h11-12,31H,5-10H2,1-4H3,(H2,22,23). The summed E-state index contributed by atoms with van der Waals surface area (Å²) in [4.78, 5) is 27.4. The average Bonchev–Trinajstić information content (AvgIpc) is 3.42. The summed E-state index contributed by atoms with van der Waals surface area (Å²) in [7, 11) is 1.80. The topological polar surface area (TPSA) is 162 Å². The predicted molar refractivity (Wildman–Crippen MR) is 119 cm³/mol. The van der Waals surface area contributed by atoms with Crippen LogP contribution in [-0.4, -0.2) is 70.5 Å². The molecule has 1 amide bonds. The number of aliphatic hydroxyl groups is 1. The molecular formula is C21H29N9O3. The molecule has 3 N–H and O–H groups in total. The second-order valence-corrected chi connectivity index (χ2v) is 9.20. The van der Waals surface area contributed by atoms with Gasteiger partial charge in [-0.1, -0.05) is 20.8 Å². The molecule has 0 atom stereocenters. The van der Waals surface area contributed by atoms with Crippen LogP contribution in [0.2, 0.25) is 0 Å². The van der Waals surface area contributed by atoms with E-state index in [0.717, 1.165) is 12.8 Å². The maximum absolute atomic E-state index is 12.0. The number of nitrogens with two attached hydrogens (primary N) is 1. The van der Waals surface area contributed by atoms with Gasteiger partial charge in [0, 0.05) is 37.9 Å². The highest BCUT2D eigenvalue weighted by Gasteiger charge is 2.28. The Balaban J connectivity index is 1.56. The third-order valence-electron chi connectivity index (χ3n) is 5.62. The number of aromatic nitrogens is 7. The van der Waals surface area contributed by atoms with Gasteiger partial charge in [-0.25, -0.2) is 19.6 Å². The molecule has 1 aliphatic rings. The van der Waals surface area contributed by atoms with Crippen LogP contribution >= 0.6 is 0 Å². The molecule has 1 aliphatic heterocycles. The van der Waals surface area contributed by atoms with Crippen LogP contribution in [0.4, 0.5) is 5.82 Å². The zero-order valence-corrected chi connectivity index (χ0v) is 19.3. The van der Waals surface area contributed by atoms with Crippen molar-refractivity contribution in [2.24, 2.45) is 7.05 Å². The van der Waals surface area contributed by atoms with E-state index in [1.807, 2.05) is 20.8 Å². The third-order valence-corrected chi connectivity index (χ3v) is 5.62. The highest BCUT2D eigenvalue weighted by molar-refractivity contribution is 5.76. The number of aryl methyl sites for hydroxylation is 1. The number of carbonyl (C=O) groups is 1. The summed E-state index contributed by atoms with van der Waals surface area (Å²) in [6.07, 6.45) is 3.23. The van der Waals surface area contributed by atoms with Crippen LogP contribution in [0.3, 0.4) is 0 Å². The van der Waals surface area contributed by atoms with Gasteiger partial charge in [-0.15, -0.1) is 10.2 Å². The van der Waals surface area contributed by atoms with E-state index in [0.29, 0.717) is 42.0 Å². The van der Waals surface area contributed by atoms with Crippen molar-refractivity contribution >= 4 is 11.7 Å². The van der Waals surface area contributed by atoms with E-state index in [1.165, 1.54) is 0 Å². The summed E-state index contributed by atoms with van der Waals surface area (Å²) < 4.78 is 7.45. The lowest BCUT2D eigenvalue weighted by atomic mass is 9.96. The van der Waals surface area contributed by atoms with Crippen molar-refractivity contribution < 1.29 is 14.3 Å². The zero-order chi connectivity index (χ0) is 23.8. The number of anilines is 1. The molecule has 0 aliphatic carbocycles. The maximum atomic E-state index is 12.0. The molecule has 4 rings (SSSR count). The summed E-state index contributed by atoms with van der Waals surface area (Å²) >= 11 is 0. The molecule has 33 heavy (non-hydrogen) atoms. The first kappa shape index (κ1) is 22.8. The Morgan fingerprint density at radius 2 is 1.97 bits per heavy atom. The van der Waals surface area contributed by atoms with Gasteiger partial charge in [-0.2, -0.15) is 5.10 Å². The Bertz CT molecular complexity index is 1140. The summed E-state index contributed by atoms with van der Waals surface area (Å²) in [5.41, 5.74) is 6.53. The second-order valence-electron chi connectivity index (χ2n) is 9.20. The van der Waals surface area contributed by atoms with Crippen LogP contribution in [0.1, 0.15) is 57.7 Å². The number of nitrogens with zero attached hydrogens (tertiary/aromatic N) is 8. The lowest BCUT2D eigenvalue weighted by Gasteiger charge is -2.30. The second kappa shape index (κ2) is 8.85. The quantitative estimate of drug-likeness (QED) is 0.573. The van der Waals surface area contributed by atoms with Crippen LogP contribution in [0.5, 0.6) is 0 Å². The fourth-order valence-corrected chi connectivity index (χ4v) is 3.73. The van der Waals surface area contributed by atoms with E-state index in [4.69, 9.17) is 20.2 Å². The molecule has 0 bridgehead atoms. The highest BCUT2D eigenvalue weighted by Crippen LogP contribution is 2.30. The molecule has 0 unspecified atom stereocenters. The highest BCUT2D eigenvalue weighted by atomic mass is 16.4. The van der Waals surface area contributed by atoms with Gasteiger partial charge in [0.15, 0.2) is 23.2 Å². The first-order valence-electron chi connectivity index (χ1n) is 10.9. The van der Waals surface area contributed by atoms with Crippen LogP contribution < -0.4 is 5.73 Å². The van der Waals surface area contributed by atoms with Gasteiger partial charge in [0.25, 0.3) is 5.89 Å². The van der Waals surface area contributed by atoms with Crippen molar-refractivity contribution in [1.82, 2.24) is 39.8 Å². The number of amides is 1. The first-order chi connectivity index (χ1) is 15.7. The van der Waals surface area contributed by atoms with Gasteiger partial charge >= 0.3 is 0 Å². The Labute approximate surface area is 191 Å². The van der Waals surface area contributed by atoms with Crippen LogP contribution in [0.25, 0.3) is 23.1 Å². The zero-order valence-electron chi connectivity index (χ0n) is 19.3. The van der Waals surface area contributed by atoms with Crippen LogP contribution in [0, 0.1) is 0 Å². The number of piperidine rings is 1. The smallest absolute Gasteiger partial charge is 0.270 e. The molecule has 0 radical (unpaired) electrons. The lowest BCUT2D eigenvalue weighted by molar-refractivity contribution is -0.132. The Hall–Kier alpha value is -3.41. The summed E-state index contributed by atoms with van der Waals surface area (Å²) in [5.74, 6) is 2.23. The van der Waals surface area contributed by atoms with Crippen LogP contribution in [0.15, 0.2) is 10.6 Å². The normalized spacial score (nSPS) is 15.2. The van der Waals surface area contributed by atoms with Crippen molar-refractivity contribution in [3.8, 4) is 23.1 Å². The van der Waals surface area contributed by atoms with E-state index in [9.17, 15) is 4.79 Å². The summed E-state index contributed by atoms with van der Waals surface area (Å²) in [6, 6.07) is 0. The third kappa shape index (κ3) is 4.70. The van der Waals surface area contributed by atoms with E-state index < -0.39 is 0 Å². The largest absolute Gasteiger partial charge is 0.419 e. The fourth-order valence-electron chi connectivity index (χ4n) is 3.73. The molecule has 0 spiro atoms. The van der Waals surface area contributed by atoms with Crippen molar-refractivity contribution in [1.29, 1.82) is 0 Å². The van der Waals surface area contributed by atoms with Crippen LogP contribution in [-0.2, 0) is 17.3 Å². The SMILES string of the molecule is Cn1nc(C2CCN(C(=O)CCO)CC2)nc1-c1cnc(N)c(-c2nnc(C(C)(C)C)o2)n1. The number of carbonyl (C=O) groups excluding carboxylic acids is 1. The number of likely N-dealkylation sites (tertiary alicyclic amines) is 1. The number of hydrogen-bond donors (Lipinski definition) is 2. The van der Waals surface area contributed by atoms with Gasteiger partial charge in [0.05, 0.1) is 12.8 Å². The summed E-state index contributed by atoms with van der Waals surface area (Å²) in [5, 5.41) is 21.8. The minimum absolute atomic E-state index is 0.0223. The maximum Gasteiger partial charge on any atom is 0.270 e. The molecule has 3 aromatic rings. The van der Waals surface area contributed by atoms with Crippen molar-refractivity contribution in [3.63, 3.8) is 0 Å². The Morgan fingerprint density at radius 1 is 1.24 bits per heavy atom. The molecule has 176 valence electrons. The number of aliphatic hydroxyl groups excluding tert-OH is 1. The van der Waals surface area contributed by atoms with Gasteiger partial charge < -0.3 is 20.2 Å². The first-order valence-corrected chi connectivity index (χ1v) is 10.9. The average molecular weight is 456 g/mol. The molecule has 1 saturated heterocycles. The van der Waals surface area contributed by atoms with E-state index in [1.54, 1.807) is 22.8 Å². The van der Waals surface area contributed by atoms with Crippen molar-refractivity contribution in [2.45, 2.75) is 51.4 Å². The van der Waals surface area contributed by atoms with E-state index in [2.05, 4.69) is 25.3 Å². The minimum atomic E-state index is -0.304. The number of hydrogen-bond acceptors (Lipinski definition) is 10. The molecule has 1 fully saturated rings. The van der Waals surface area contributed by atoms with E-state index >= 15 is 0 Å². The Morgan fingerprint density at radius 3 is 2.61 bits per heavy atom. The van der Waals surface area contributed by atoms with E-state index in [-0.39, 0.29) is 42.0 Å². The number of nitrogen functional groups attached to an aromatic ring is 1. The molecule has 3 aromatic heterocycles. The molecular weight excluding hydrogens is 426 g/mol. The number of rotatable bonds is 5. The molecule has 0 saturated carbocycles. The van der Waals surface area contributed by atoms with Crippen molar-refractivity contribution in [3.05, 3.63) is 17.9 Å². The lowest BCUT2D eigenvalue weighted by Crippen LogP contribution is -2.38. The van der Waals surface area contributed by atoms with Gasteiger partial charge in [0.1, 0.15) is 5.69 Å². The monoisotopic (exact) mass is 455 g/mol. The Kier molecular flexibility index (Phi) is 6.11. The minimum Gasteiger partial charge on any atom is -0.419 e. The molecule has 4 heterocycles. The van der Waals surface area contributed by atoms with Crippen molar-refractivity contribution in [2.75, 3.05) is 25.4 Å². The molecule has 12 nitrogen and oxygen atoms in total. The predicted octanol–water partition coefficient (Wildman–Crippen LogP) is 1.29. The van der Waals surface area contributed by atoms with Gasteiger partial charge in [0.2, 0.25) is 11.8 Å². The molecule has 12 heteroatoms.